The summed E-state index contributed by atoms with van der Waals surface area (Å²) in [6.07, 6.45) is 0. The Morgan fingerprint density at radius 2 is 1.80 bits per heavy atom. The van der Waals surface area contributed by atoms with E-state index in [2.05, 4.69) is 0 Å². The van der Waals surface area contributed by atoms with Crippen molar-refractivity contribution < 1.29 is 14.3 Å². The first-order valence-electron chi connectivity index (χ1n) is 4.26. The van der Waals surface area contributed by atoms with Gasteiger partial charge in [-0.1, -0.05) is 0 Å². The Kier molecular flexibility index (Phi) is 2.94. The van der Waals surface area contributed by atoms with E-state index in [1.165, 1.54) is 13.2 Å². The molecule has 2 amide bonds. The summed E-state index contributed by atoms with van der Waals surface area (Å²) < 4.78 is 5.01. The average Bonchev–Trinajstić information content (AvgIpc) is 2.16. The number of rotatable bonds is 3. The number of methoxy groups -OCH3 is 1. The number of hydrogen-bond acceptors (Lipinski definition) is 3. The zero-order valence-corrected chi connectivity index (χ0v) is 8.53. The molecule has 0 radical (unpaired) electrons. The van der Waals surface area contributed by atoms with Gasteiger partial charge < -0.3 is 16.2 Å². The van der Waals surface area contributed by atoms with Crippen LogP contribution in [0.15, 0.2) is 12.1 Å². The van der Waals surface area contributed by atoms with E-state index in [4.69, 9.17) is 16.2 Å². The molecular weight excluding hydrogens is 196 g/mol. The lowest BCUT2D eigenvalue weighted by atomic mass is 10.00. The monoisotopic (exact) mass is 208 g/mol. The Morgan fingerprint density at radius 1 is 1.20 bits per heavy atom. The smallest absolute Gasteiger partial charge is 0.249 e. The molecule has 4 N–H and O–H groups in total. The molecule has 5 heteroatoms. The van der Waals surface area contributed by atoms with Crippen molar-refractivity contribution in [1.29, 1.82) is 0 Å². The standard InChI is InChI=1S/C10H12N2O3/c1-5-7(15-2)4-3-6(9(11)13)8(5)10(12)14/h3-4H,1-2H3,(H2,11,13)(H2,12,14). The third kappa shape index (κ3) is 1.90. The van der Waals surface area contributed by atoms with E-state index in [-0.39, 0.29) is 11.1 Å². The SMILES string of the molecule is COc1ccc(C(N)=O)c(C(N)=O)c1C. The summed E-state index contributed by atoms with van der Waals surface area (Å²) in [6, 6.07) is 3.00. The summed E-state index contributed by atoms with van der Waals surface area (Å²) in [5.74, 6) is -0.886. The summed E-state index contributed by atoms with van der Waals surface area (Å²) in [6.45, 7) is 1.64. The first-order valence-corrected chi connectivity index (χ1v) is 4.26. The Balaban J connectivity index is 3.51. The molecule has 0 heterocycles. The Labute approximate surface area is 87.0 Å². The highest BCUT2D eigenvalue weighted by atomic mass is 16.5. The van der Waals surface area contributed by atoms with Crippen LogP contribution in [-0.2, 0) is 0 Å². The molecule has 0 saturated heterocycles. The zero-order valence-electron chi connectivity index (χ0n) is 8.53. The van der Waals surface area contributed by atoms with Crippen LogP contribution in [0.25, 0.3) is 0 Å². The van der Waals surface area contributed by atoms with E-state index in [0.29, 0.717) is 11.3 Å². The number of ether oxygens (including phenoxy) is 1. The van der Waals surface area contributed by atoms with E-state index in [1.807, 2.05) is 0 Å². The molecule has 0 aliphatic rings. The molecule has 80 valence electrons. The highest BCUT2D eigenvalue weighted by Gasteiger charge is 2.18. The number of amides is 2. The molecular formula is C10H12N2O3. The van der Waals surface area contributed by atoms with Crippen molar-refractivity contribution in [3.8, 4) is 5.75 Å². The average molecular weight is 208 g/mol. The van der Waals surface area contributed by atoms with E-state index in [1.54, 1.807) is 13.0 Å². The van der Waals surface area contributed by atoms with Crippen molar-refractivity contribution in [2.45, 2.75) is 6.92 Å². The summed E-state index contributed by atoms with van der Waals surface area (Å²) in [4.78, 5) is 22.2. The minimum absolute atomic E-state index is 0.112. The first kappa shape index (κ1) is 11.0. The fourth-order valence-corrected chi connectivity index (χ4v) is 1.44. The van der Waals surface area contributed by atoms with E-state index in [0.717, 1.165) is 0 Å². The maximum absolute atomic E-state index is 11.2. The molecule has 1 aromatic rings. The lowest BCUT2D eigenvalue weighted by Gasteiger charge is -2.10. The van der Waals surface area contributed by atoms with Crippen LogP contribution in [0.2, 0.25) is 0 Å². The summed E-state index contributed by atoms with van der Waals surface area (Å²) in [7, 11) is 1.47. The largest absolute Gasteiger partial charge is 0.496 e. The number of carbonyl (C=O) groups is 2. The number of benzene rings is 1. The third-order valence-corrected chi connectivity index (χ3v) is 2.15. The van der Waals surface area contributed by atoms with Gasteiger partial charge in [0.2, 0.25) is 11.8 Å². The summed E-state index contributed by atoms with van der Waals surface area (Å²) in [5, 5.41) is 0. The number of carbonyl (C=O) groups excluding carboxylic acids is 2. The summed E-state index contributed by atoms with van der Waals surface area (Å²) >= 11 is 0. The molecule has 0 unspecified atom stereocenters. The molecule has 1 aromatic carbocycles. The van der Waals surface area contributed by atoms with Crippen molar-refractivity contribution in [2.24, 2.45) is 11.5 Å². The molecule has 5 nitrogen and oxygen atoms in total. The van der Waals surface area contributed by atoms with E-state index in [9.17, 15) is 9.59 Å². The predicted molar refractivity (Wildman–Crippen MR) is 54.8 cm³/mol. The highest BCUT2D eigenvalue weighted by molar-refractivity contribution is 6.07. The normalized spacial score (nSPS) is 9.73. The van der Waals surface area contributed by atoms with Gasteiger partial charge in [-0.2, -0.15) is 0 Å². The minimum atomic E-state index is -0.694. The molecule has 0 fully saturated rings. The molecule has 0 aromatic heterocycles. The van der Waals surface area contributed by atoms with Crippen LogP contribution in [0.1, 0.15) is 26.3 Å². The lowest BCUT2D eigenvalue weighted by Crippen LogP contribution is -2.22. The minimum Gasteiger partial charge on any atom is -0.496 e. The van der Waals surface area contributed by atoms with Crippen LogP contribution in [0.3, 0.4) is 0 Å². The maximum Gasteiger partial charge on any atom is 0.249 e. The summed E-state index contributed by atoms with van der Waals surface area (Å²) in [5.41, 5.74) is 11.0. The Morgan fingerprint density at radius 3 is 2.20 bits per heavy atom. The zero-order chi connectivity index (χ0) is 11.6. The number of nitrogens with two attached hydrogens (primary N) is 2. The van der Waals surface area contributed by atoms with Crippen molar-refractivity contribution >= 4 is 11.8 Å². The van der Waals surface area contributed by atoms with Gasteiger partial charge in [0, 0.05) is 5.56 Å². The van der Waals surface area contributed by atoms with Crippen molar-refractivity contribution in [3.63, 3.8) is 0 Å². The third-order valence-electron chi connectivity index (χ3n) is 2.15. The van der Waals surface area contributed by atoms with Crippen LogP contribution >= 0.6 is 0 Å². The lowest BCUT2D eigenvalue weighted by molar-refractivity contribution is 0.0966. The molecule has 0 bridgehead atoms. The van der Waals surface area contributed by atoms with Gasteiger partial charge >= 0.3 is 0 Å². The van der Waals surface area contributed by atoms with Crippen molar-refractivity contribution in [1.82, 2.24) is 0 Å². The van der Waals surface area contributed by atoms with Gasteiger partial charge in [-0.25, -0.2) is 0 Å². The Hall–Kier alpha value is -2.04. The molecule has 0 saturated carbocycles. The second-order valence-electron chi connectivity index (χ2n) is 3.04. The van der Waals surface area contributed by atoms with Crippen molar-refractivity contribution in [3.05, 3.63) is 28.8 Å². The van der Waals surface area contributed by atoms with Gasteiger partial charge in [-0.3, -0.25) is 9.59 Å². The molecule has 0 aliphatic heterocycles. The van der Waals surface area contributed by atoms with E-state index >= 15 is 0 Å². The quantitative estimate of drug-likeness (QED) is 0.742. The van der Waals surface area contributed by atoms with Crippen LogP contribution < -0.4 is 16.2 Å². The first-order chi connectivity index (χ1) is 6.99. The van der Waals surface area contributed by atoms with Gasteiger partial charge in [-0.15, -0.1) is 0 Å². The maximum atomic E-state index is 11.2. The fraction of sp³-hybridized carbons (Fsp3) is 0.200. The number of primary amides is 2. The van der Waals surface area contributed by atoms with Crippen LogP contribution in [-0.4, -0.2) is 18.9 Å². The van der Waals surface area contributed by atoms with Crippen LogP contribution in [0, 0.1) is 6.92 Å². The Bertz CT molecular complexity index is 427. The van der Waals surface area contributed by atoms with Gasteiger partial charge in [0.1, 0.15) is 5.75 Å². The second kappa shape index (κ2) is 4.00. The van der Waals surface area contributed by atoms with Crippen LogP contribution in [0.5, 0.6) is 5.75 Å². The predicted octanol–water partition coefficient (Wildman–Crippen LogP) is 0.201. The molecule has 15 heavy (non-hydrogen) atoms. The van der Waals surface area contributed by atoms with Gasteiger partial charge in [0.25, 0.3) is 0 Å². The molecule has 0 spiro atoms. The highest BCUT2D eigenvalue weighted by Crippen LogP contribution is 2.24. The number of hydrogen-bond donors (Lipinski definition) is 2. The molecule has 1 rings (SSSR count). The topological polar surface area (TPSA) is 95.4 Å². The van der Waals surface area contributed by atoms with Gasteiger partial charge in [-0.05, 0) is 19.1 Å². The van der Waals surface area contributed by atoms with Gasteiger partial charge in [0.05, 0.1) is 18.2 Å². The van der Waals surface area contributed by atoms with E-state index < -0.39 is 11.8 Å². The van der Waals surface area contributed by atoms with Crippen LogP contribution in [0.4, 0.5) is 0 Å². The fourth-order valence-electron chi connectivity index (χ4n) is 1.44. The molecule has 0 atom stereocenters. The molecule has 0 aliphatic carbocycles. The second-order valence-corrected chi connectivity index (χ2v) is 3.04. The van der Waals surface area contributed by atoms with Gasteiger partial charge in [0.15, 0.2) is 0 Å². The van der Waals surface area contributed by atoms with Crippen molar-refractivity contribution in [2.75, 3.05) is 7.11 Å².